The average molecular weight is 358 g/mol. The molecule has 1 aromatic carbocycles. The van der Waals surface area contributed by atoms with Gasteiger partial charge in [-0.05, 0) is 37.3 Å². The lowest BCUT2D eigenvalue weighted by Crippen LogP contribution is -2.34. The topological polar surface area (TPSA) is 75.3 Å². The molecule has 2 N–H and O–H groups in total. The van der Waals surface area contributed by atoms with E-state index in [0.29, 0.717) is 37.8 Å². The molecule has 0 saturated carbocycles. The number of ketones is 1. The van der Waals surface area contributed by atoms with Gasteiger partial charge in [-0.15, -0.1) is 0 Å². The van der Waals surface area contributed by atoms with Crippen LogP contribution in [0.3, 0.4) is 0 Å². The number of para-hydroxylation sites is 1. The molecule has 0 saturated heterocycles. The Morgan fingerprint density at radius 1 is 1.15 bits per heavy atom. The van der Waals surface area contributed by atoms with Crippen molar-refractivity contribution in [2.45, 2.75) is 52.9 Å². The molecule has 142 valence electrons. The van der Waals surface area contributed by atoms with Gasteiger partial charge in [0.15, 0.2) is 0 Å². The summed E-state index contributed by atoms with van der Waals surface area (Å²) >= 11 is 0. The second kappa shape index (κ2) is 11.2. The first-order valence-electron chi connectivity index (χ1n) is 9.23. The fourth-order valence-electron chi connectivity index (χ4n) is 2.71. The Hall–Kier alpha value is -2.43. The van der Waals surface area contributed by atoms with Crippen LogP contribution in [0.4, 0.5) is 5.69 Å². The van der Waals surface area contributed by atoms with Crippen molar-refractivity contribution >= 4 is 23.3 Å². The van der Waals surface area contributed by atoms with Crippen LogP contribution in [0.2, 0.25) is 0 Å². The van der Waals surface area contributed by atoms with Crippen LogP contribution in [0.25, 0.3) is 0 Å². The van der Waals surface area contributed by atoms with Crippen molar-refractivity contribution < 1.29 is 14.4 Å². The van der Waals surface area contributed by atoms with E-state index in [1.54, 1.807) is 0 Å². The second-order valence-corrected chi connectivity index (χ2v) is 6.46. The number of hydrogen-bond acceptors (Lipinski definition) is 3. The maximum absolute atomic E-state index is 12.4. The van der Waals surface area contributed by atoms with E-state index in [-0.39, 0.29) is 23.5 Å². The number of aryl methyl sites for hydroxylation is 1. The molecule has 26 heavy (non-hydrogen) atoms. The van der Waals surface area contributed by atoms with Gasteiger partial charge in [-0.1, -0.05) is 38.6 Å². The zero-order chi connectivity index (χ0) is 19.5. The highest BCUT2D eigenvalue weighted by atomic mass is 16.2. The number of benzene rings is 1. The normalized spacial score (nSPS) is 11.5. The summed E-state index contributed by atoms with van der Waals surface area (Å²) in [7, 11) is 0. The van der Waals surface area contributed by atoms with Gasteiger partial charge in [-0.25, -0.2) is 0 Å². The van der Waals surface area contributed by atoms with Crippen LogP contribution >= 0.6 is 0 Å². The number of anilines is 1. The Kier molecular flexibility index (Phi) is 9.34. The van der Waals surface area contributed by atoms with Gasteiger partial charge in [0.05, 0.1) is 0 Å². The Labute approximate surface area is 156 Å². The predicted molar refractivity (Wildman–Crippen MR) is 105 cm³/mol. The first-order valence-corrected chi connectivity index (χ1v) is 9.23. The summed E-state index contributed by atoms with van der Waals surface area (Å²) < 4.78 is 0. The van der Waals surface area contributed by atoms with Crippen LogP contribution in [0.1, 0.15) is 52.0 Å². The SMILES string of the molecule is C=C(CC)C(=O)NCC(CCc1ccccc1NC(C)=O)C(=O)CCC. The van der Waals surface area contributed by atoms with Gasteiger partial charge in [0.1, 0.15) is 5.78 Å². The minimum absolute atomic E-state index is 0.124. The standard InChI is InChI=1S/C21H30N2O3/c1-5-9-20(25)18(14-22-21(26)15(3)6-2)13-12-17-10-7-8-11-19(17)23-16(4)24/h7-8,10-11,18H,3,5-6,9,12-14H2,1-2,4H3,(H,22,26)(H,23,24). The summed E-state index contributed by atoms with van der Waals surface area (Å²) in [5.74, 6) is -0.400. The molecule has 0 aromatic heterocycles. The molecule has 0 aliphatic rings. The van der Waals surface area contributed by atoms with E-state index in [4.69, 9.17) is 0 Å². The largest absolute Gasteiger partial charge is 0.352 e. The highest BCUT2D eigenvalue weighted by Crippen LogP contribution is 2.20. The van der Waals surface area contributed by atoms with Crippen molar-refractivity contribution in [1.29, 1.82) is 0 Å². The molecule has 0 fully saturated rings. The number of Topliss-reactive ketones (excluding diaryl/α,β-unsaturated/α-hetero) is 1. The van der Waals surface area contributed by atoms with Crippen LogP contribution in [0.15, 0.2) is 36.4 Å². The Morgan fingerprint density at radius 2 is 1.85 bits per heavy atom. The average Bonchev–Trinajstić information content (AvgIpc) is 2.61. The van der Waals surface area contributed by atoms with E-state index >= 15 is 0 Å². The minimum Gasteiger partial charge on any atom is -0.352 e. The Morgan fingerprint density at radius 3 is 2.46 bits per heavy atom. The van der Waals surface area contributed by atoms with Crippen molar-refractivity contribution in [1.82, 2.24) is 5.32 Å². The van der Waals surface area contributed by atoms with Crippen LogP contribution < -0.4 is 10.6 Å². The third-order valence-electron chi connectivity index (χ3n) is 4.30. The van der Waals surface area contributed by atoms with E-state index in [1.165, 1.54) is 6.92 Å². The van der Waals surface area contributed by atoms with Crippen molar-refractivity contribution in [3.05, 3.63) is 42.0 Å². The Bertz CT molecular complexity index is 652. The molecular weight excluding hydrogens is 328 g/mol. The maximum Gasteiger partial charge on any atom is 0.246 e. The van der Waals surface area contributed by atoms with E-state index < -0.39 is 0 Å². The molecule has 0 bridgehead atoms. The molecule has 0 radical (unpaired) electrons. The molecule has 0 aliphatic carbocycles. The fraction of sp³-hybridized carbons (Fsp3) is 0.476. The molecule has 1 rings (SSSR count). The van der Waals surface area contributed by atoms with Gasteiger partial charge in [-0.3, -0.25) is 14.4 Å². The molecule has 0 spiro atoms. The van der Waals surface area contributed by atoms with Crippen LogP contribution in [-0.2, 0) is 20.8 Å². The van der Waals surface area contributed by atoms with Crippen LogP contribution in [0, 0.1) is 5.92 Å². The highest BCUT2D eigenvalue weighted by Gasteiger charge is 2.19. The van der Waals surface area contributed by atoms with Gasteiger partial charge in [0, 0.05) is 37.1 Å². The predicted octanol–water partition coefficient (Wildman–Crippen LogP) is 3.65. The third-order valence-corrected chi connectivity index (χ3v) is 4.30. The van der Waals surface area contributed by atoms with E-state index in [0.717, 1.165) is 17.7 Å². The zero-order valence-electron chi connectivity index (χ0n) is 16.1. The minimum atomic E-state index is -0.242. The van der Waals surface area contributed by atoms with E-state index in [9.17, 15) is 14.4 Å². The number of rotatable bonds is 11. The van der Waals surface area contributed by atoms with Gasteiger partial charge in [0.25, 0.3) is 0 Å². The van der Waals surface area contributed by atoms with Gasteiger partial charge in [-0.2, -0.15) is 0 Å². The summed E-state index contributed by atoms with van der Waals surface area (Å²) in [6.07, 6.45) is 3.15. The molecule has 2 amide bonds. The number of nitrogens with one attached hydrogen (secondary N) is 2. The van der Waals surface area contributed by atoms with Gasteiger partial charge in [0.2, 0.25) is 11.8 Å². The summed E-state index contributed by atoms with van der Waals surface area (Å²) in [6, 6.07) is 7.58. The quantitative estimate of drug-likeness (QED) is 0.593. The molecule has 0 aliphatic heterocycles. The summed E-state index contributed by atoms with van der Waals surface area (Å²) in [5, 5.41) is 5.65. The molecular formula is C21H30N2O3. The summed E-state index contributed by atoms with van der Waals surface area (Å²) in [5.41, 5.74) is 2.27. The zero-order valence-corrected chi connectivity index (χ0v) is 16.1. The number of hydrogen-bond donors (Lipinski definition) is 2. The maximum atomic E-state index is 12.4. The lowest BCUT2D eigenvalue weighted by Gasteiger charge is -2.18. The lowest BCUT2D eigenvalue weighted by atomic mass is 9.92. The molecule has 5 nitrogen and oxygen atoms in total. The first kappa shape index (κ1) is 21.6. The molecule has 5 heteroatoms. The lowest BCUT2D eigenvalue weighted by molar-refractivity contribution is -0.123. The van der Waals surface area contributed by atoms with Crippen molar-refractivity contribution in [3.8, 4) is 0 Å². The van der Waals surface area contributed by atoms with Gasteiger partial charge < -0.3 is 10.6 Å². The van der Waals surface area contributed by atoms with Gasteiger partial charge >= 0.3 is 0 Å². The monoisotopic (exact) mass is 358 g/mol. The molecule has 1 atom stereocenters. The first-order chi connectivity index (χ1) is 12.4. The third kappa shape index (κ3) is 7.21. The highest BCUT2D eigenvalue weighted by molar-refractivity contribution is 5.93. The smallest absolute Gasteiger partial charge is 0.246 e. The summed E-state index contributed by atoms with van der Waals surface area (Å²) in [6.45, 7) is 9.37. The molecule has 1 unspecified atom stereocenters. The second-order valence-electron chi connectivity index (χ2n) is 6.46. The Balaban J connectivity index is 2.77. The van der Waals surface area contributed by atoms with E-state index in [2.05, 4.69) is 17.2 Å². The number of carbonyl (C=O) groups excluding carboxylic acids is 3. The summed E-state index contributed by atoms with van der Waals surface area (Å²) in [4.78, 5) is 35.7. The van der Waals surface area contributed by atoms with Crippen LogP contribution in [-0.4, -0.2) is 24.1 Å². The van der Waals surface area contributed by atoms with Crippen LogP contribution in [0.5, 0.6) is 0 Å². The van der Waals surface area contributed by atoms with Crippen molar-refractivity contribution in [2.24, 2.45) is 5.92 Å². The number of carbonyl (C=O) groups is 3. The molecule has 0 heterocycles. The van der Waals surface area contributed by atoms with Crippen molar-refractivity contribution in [2.75, 3.05) is 11.9 Å². The van der Waals surface area contributed by atoms with Crippen molar-refractivity contribution in [3.63, 3.8) is 0 Å². The molecule has 1 aromatic rings. The number of amides is 2. The fourth-order valence-corrected chi connectivity index (χ4v) is 2.71. The van der Waals surface area contributed by atoms with E-state index in [1.807, 2.05) is 38.1 Å².